The van der Waals surface area contributed by atoms with Crippen molar-refractivity contribution in [2.24, 2.45) is 0 Å². The van der Waals surface area contributed by atoms with Gasteiger partial charge in [-0.3, -0.25) is 0 Å². The third-order valence-electron chi connectivity index (χ3n) is 16.2. The molecule has 3 aliphatic rings. The van der Waals surface area contributed by atoms with Crippen molar-refractivity contribution in [2.75, 3.05) is 0 Å². The molecule has 1 unspecified atom stereocenters. The minimum Gasteiger partial charge on any atom is -0.309 e. The van der Waals surface area contributed by atoms with Gasteiger partial charge in [-0.05, 0) is 134 Å². The number of hydrogen-bond donors (Lipinski definition) is 0. The molecule has 0 radical (unpaired) electrons. The average molecular weight is 891 g/mol. The van der Waals surface area contributed by atoms with Crippen LogP contribution in [-0.2, 0) is 10.8 Å². The quantitative estimate of drug-likeness (QED) is 0.157. The van der Waals surface area contributed by atoms with Crippen LogP contribution in [0, 0.1) is 0 Å². The lowest BCUT2D eigenvalue weighted by Crippen LogP contribution is -2.30. The predicted octanol–water partition coefficient (Wildman–Crippen LogP) is 16.7. The van der Waals surface area contributed by atoms with Gasteiger partial charge in [-0.25, -0.2) is 0 Å². The van der Waals surface area contributed by atoms with E-state index < -0.39 is 10.8 Å². The van der Waals surface area contributed by atoms with Gasteiger partial charge in [0.2, 0.25) is 0 Å². The van der Waals surface area contributed by atoms with E-state index >= 15 is 0 Å². The van der Waals surface area contributed by atoms with Gasteiger partial charge >= 0.3 is 0 Å². The normalized spacial score (nSPS) is 16.5. The molecule has 0 saturated carbocycles. The first-order chi connectivity index (χ1) is 34.8. The standard InChI is InChI=1S/C68H46N2/c1-5-21-45(22-6-1)67(58-33-17-13-29-51(58)52-30-14-18-34-59(52)67)47-37-40-62-56(43-47)55-39-42-64-65(66(55)70(62)50-27-11-4-12-28-50)57-44-48(38-41-63(57)69(64)49-25-9-3-10-26-49)68(46-23-7-2-8-24-46)60-35-19-15-31-53(60)54-32-16-20-36-61(54)68/h1-17,19-33,35-44H,18,34H2. The number of aromatic nitrogens is 2. The molecule has 2 heterocycles. The summed E-state index contributed by atoms with van der Waals surface area (Å²) in [6, 6.07) is 91.3. The van der Waals surface area contributed by atoms with Crippen LogP contribution in [0.25, 0.3) is 71.7 Å². The maximum Gasteiger partial charge on any atom is 0.0713 e. The molecule has 70 heavy (non-hydrogen) atoms. The third-order valence-corrected chi connectivity index (χ3v) is 16.2. The fraction of sp³-hybridized carbons (Fsp3) is 0.0588. The molecule has 0 bridgehead atoms. The minimum atomic E-state index is -0.538. The average Bonchev–Trinajstić information content (AvgIpc) is 4.15. The van der Waals surface area contributed by atoms with Crippen LogP contribution in [0.1, 0.15) is 57.3 Å². The third kappa shape index (κ3) is 5.12. The van der Waals surface area contributed by atoms with Gasteiger partial charge in [-0.2, -0.15) is 0 Å². The van der Waals surface area contributed by atoms with E-state index in [-0.39, 0.29) is 0 Å². The van der Waals surface area contributed by atoms with E-state index in [9.17, 15) is 0 Å². The SMILES string of the molecule is C1=CC2=C(CC1)C(c1ccccc1)(c1ccc3c(c1)c1ccc4c(c5cc(C6(c7ccccc7)c7ccccc7-c7ccccc76)ccc5n4-c4ccccc4)c1n3-c1ccccc1)c1ccccc12. The number of para-hydroxylation sites is 2. The van der Waals surface area contributed by atoms with Crippen molar-refractivity contribution < 1.29 is 0 Å². The minimum absolute atomic E-state index is 0.435. The highest BCUT2D eigenvalue weighted by Crippen LogP contribution is 2.59. The van der Waals surface area contributed by atoms with Crippen molar-refractivity contribution in [3.05, 3.63) is 305 Å². The summed E-state index contributed by atoms with van der Waals surface area (Å²) in [5.41, 5.74) is 22.0. The largest absolute Gasteiger partial charge is 0.309 e. The number of nitrogens with zero attached hydrogens (tertiary/aromatic N) is 2. The molecule has 328 valence electrons. The molecule has 0 amide bonds. The van der Waals surface area contributed by atoms with Gasteiger partial charge in [0.1, 0.15) is 0 Å². The van der Waals surface area contributed by atoms with Gasteiger partial charge < -0.3 is 9.13 Å². The number of fused-ring (bicyclic) bond motifs is 12. The lowest BCUT2D eigenvalue weighted by molar-refractivity contribution is 0.697. The Labute approximate surface area is 407 Å². The molecule has 2 heteroatoms. The molecule has 0 spiro atoms. The van der Waals surface area contributed by atoms with E-state index in [2.05, 4.69) is 264 Å². The second kappa shape index (κ2) is 14.9. The van der Waals surface area contributed by atoms with Gasteiger partial charge in [0.05, 0.1) is 32.9 Å². The molecule has 0 saturated heterocycles. The summed E-state index contributed by atoms with van der Waals surface area (Å²) in [5.74, 6) is 0. The van der Waals surface area contributed by atoms with Gasteiger partial charge in [-0.15, -0.1) is 0 Å². The van der Waals surface area contributed by atoms with Crippen LogP contribution in [0.5, 0.6) is 0 Å². The van der Waals surface area contributed by atoms with Crippen molar-refractivity contribution in [2.45, 2.75) is 23.7 Å². The maximum absolute atomic E-state index is 2.56. The van der Waals surface area contributed by atoms with E-state index in [0.717, 1.165) is 24.2 Å². The maximum atomic E-state index is 2.56. The monoisotopic (exact) mass is 890 g/mol. The topological polar surface area (TPSA) is 9.86 Å². The van der Waals surface area contributed by atoms with Gasteiger partial charge in [0.25, 0.3) is 0 Å². The van der Waals surface area contributed by atoms with Crippen molar-refractivity contribution >= 4 is 49.2 Å². The molecule has 0 fully saturated rings. The second-order valence-corrected chi connectivity index (χ2v) is 19.4. The van der Waals surface area contributed by atoms with E-state index in [1.165, 1.54) is 110 Å². The zero-order valence-corrected chi connectivity index (χ0v) is 38.6. The van der Waals surface area contributed by atoms with Gasteiger partial charge in [-0.1, -0.05) is 200 Å². The molecule has 10 aromatic carbocycles. The van der Waals surface area contributed by atoms with Crippen molar-refractivity contribution in [1.82, 2.24) is 9.13 Å². The smallest absolute Gasteiger partial charge is 0.0713 e. The molecule has 1 atom stereocenters. The molecular formula is C68H46N2. The second-order valence-electron chi connectivity index (χ2n) is 19.4. The van der Waals surface area contributed by atoms with Crippen LogP contribution in [0.2, 0.25) is 0 Å². The molecule has 0 N–H and O–H groups in total. The summed E-state index contributed by atoms with van der Waals surface area (Å²) < 4.78 is 5.04. The highest BCUT2D eigenvalue weighted by molar-refractivity contribution is 6.26. The fourth-order valence-corrected chi connectivity index (χ4v) is 13.5. The number of hydrogen-bond acceptors (Lipinski definition) is 0. The van der Waals surface area contributed by atoms with Crippen molar-refractivity contribution in [3.63, 3.8) is 0 Å². The summed E-state index contributed by atoms with van der Waals surface area (Å²) in [5, 5.41) is 4.97. The van der Waals surface area contributed by atoms with Crippen molar-refractivity contribution in [1.29, 1.82) is 0 Å². The van der Waals surface area contributed by atoms with Crippen LogP contribution in [-0.4, -0.2) is 9.13 Å². The number of rotatable bonds is 6. The fourth-order valence-electron chi connectivity index (χ4n) is 13.5. The zero-order chi connectivity index (χ0) is 46.0. The molecule has 15 rings (SSSR count). The number of benzene rings is 10. The van der Waals surface area contributed by atoms with Crippen LogP contribution >= 0.6 is 0 Å². The summed E-state index contributed by atoms with van der Waals surface area (Å²) in [4.78, 5) is 0. The van der Waals surface area contributed by atoms with E-state index in [1.807, 2.05) is 0 Å². The summed E-state index contributed by atoms with van der Waals surface area (Å²) in [6.07, 6.45) is 6.80. The number of allylic oxidation sites excluding steroid dienone is 4. The lowest BCUT2D eigenvalue weighted by atomic mass is 9.65. The molecule has 2 aromatic heterocycles. The molecule has 12 aromatic rings. The summed E-state index contributed by atoms with van der Waals surface area (Å²) in [7, 11) is 0. The highest BCUT2D eigenvalue weighted by Gasteiger charge is 2.48. The van der Waals surface area contributed by atoms with Crippen LogP contribution in [0.15, 0.2) is 260 Å². The first kappa shape index (κ1) is 39.3. The molecular weight excluding hydrogens is 845 g/mol. The van der Waals surface area contributed by atoms with E-state index in [4.69, 9.17) is 0 Å². The predicted molar refractivity (Wildman–Crippen MR) is 290 cm³/mol. The van der Waals surface area contributed by atoms with Crippen LogP contribution < -0.4 is 0 Å². The molecule has 3 aliphatic carbocycles. The summed E-state index contributed by atoms with van der Waals surface area (Å²) >= 11 is 0. The first-order valence-corrected chi connectivity index (χ1v) is 24.7. The Kier molecular flexibility index (Phi) is 8.36. The van der Waals surface area contributed by atoms with E-state index in [0.29, 0.717) is 0 Å². The first-order valence-electron chi connectivity index (χ1n) is 24.7. The van der Waals surface area contributed by atoms with Crippen molar-refractivity contribution in [3.8, 4) is 22.5 Å². The van der Waals surface area contributed by atoms with Gasteiger partial charge in [0, 0.05) is 32.9 Å². The molecule has 0 aliphatic heterocycles. The summed E-state index contributed by atoms with van der Waals surface area (Å²) in [6.45, 7) is 0. The Morgan fingerprint density at radius 2 is 0.814 bits per heavy atom. The van der Waals surface area contributed by atoms with Gasteiger partial charge in [0.15, 0.2) is 0 Å². The Hall–Kier alpha value is -8.72. The van der Waals surface area contributed by atoms with E-state index in [1.54, 1.807) is 0 Å². The lowest BCUT2D eigenvalue weighted by Gasteiger charge is -2.36. The van der Waals surface area contributed by atoms with Crippen LogP contribution in [0.4, 0.5) is 0 Å². The Morgan fingerprint density at radius 3 is 1.44 bits per heavy atom. The molecule has 2 nitrogen and oxygen atoms in total. The Morgan fingerprint density at radius 1 is 0.343 bits per heavy atom. The van der Waals surface area contributed by atoms with Crippen LogP contribution in [0.3, 0.4) is 0 Å². The highest BCUT2D eigenvalue weighted by atomic mass is 15.0. The Balaban J connectivity index is 1.09. The zero-order valence-electron chi connectivity index (χ0n) is 38.6. The Bertz CT molecular complexity index is 4110.